The summed E-state index contributed by atoms with van der Waals surface area (Å²) in [5.74, 6) is 0. The molecule has 1 nitrogen and oxygen atoms in total. The molecule has 0 saturated heterocycles. The predicted molar refractivity (Wildman–Crippen MR) is 47.2 cm³/mol. The van der Waals surface area contributed by atoms with Crippen molar-refractivity contribution in [3.05, 3.63) is 36.2 Å². The fraction of sp³-hybridized carbons (Fsp3) is 0.125. The minimum Gasteiger partial charge on any atom is -0.266 e. The molecule has 0 amide bonds. The Labute approximate surface area is 63.6 Å². The molecule has 10 heavy (non-hydrogen) atoms. The van der Waals surface area contributed by atoms with Crippen molar-refractivity contribution in [1.82, 2.24) is 4.98 Å². The predicted octanol–water partition coefficient (Wildman–Crippen LogP) is 0.409. The summed E-state index contributed by atoms with van der Waals surface area (Å²) in [6.07, 6.45) is 3.95. The third kappa shape index (κ3) is 2.15. The van der Waals surface area contributed by atoms with Crippen molar-refractivity contribution in [2.45, 2.75) is 6.92 Å². The molecule has 2 heteroatoms. The molecule has 0 aliphatic heterocycles. The molecule has 0 aromatic carbocycles. The fourth-order valence-electron chi connectivity index (χ4n) is 0.757. The molecule has 0 fully saturated rings. The first-order valence-corrected chi connectivity index (χ1v) is 4.97. The van der Waals surface area contributed by atoms with E-state index in [2.05, 4.69) is 29.7 Å². The Kier molecular flexibility index (Phi) is 2.89. The van der Waals surface area contributed by atoms with E-state index in [1.54, 1.807) is 0 Å². The van der Waals surface area contributed by atoms with E-state index in [-0.39, 0.29) is 9.52 Å². The van der Waals surface area contributed by atoms with Crippen LogP contribution in [0.2, 0.25) is 0 Å². The van der Waals surface area contributed by atoms with E-state index < -0.39 is 0 Å². The average Bonchev–Trinajstić information content (AvgIpc) is 2.03. The number of nitrogens with zero attached hydrogens (tertiary/aromatic N) is 1. The van der Waals surface area contributed by atoms with Crippen LogP contribution in [-0.2, 0) is 0 Å². The smallest absolute Gasteiger partial charge is 0.101 e. The van der Waals surface area contributed by atoms with E-state index in [4.69, 9.17) is 0 Å². The Balaban J connectivity index is 2.59. The van der Waals surface area contributed by atoms with Gasteiger partial charge in [-0.15, -0.1) is 0 Å². The lowest BCUT2D eigenvalue weighted by Gasteiger charge is -1.90. The van der Waals surface area contributed by atoms with Crippen molar-refractivity contribution in [3.8, 4) is 0 Å². The molecule has 0 N–H and O–H groups in total. The molecule has 1 aromatic rings. The number of allylic oxidation sites excluding steroid dienone is 1. The minimum atomic E-state index is -0.203. The monoisotopic (exact) mass is 149 g/mol. The summed E-state index contributed by atoms with van der Waals surface area (Å²) in [4.78, 5) is 4.23. The molecule has 0 saturated carbocycles. The highest BCUT2D eigenvalue weighted by molar-refractivity contribution is 6.57. The Bertz CT molecular complexity index is 206. The normalized spacial score (nSPS) is 11.7. The first-order chi connectivity index (χ1) is 4.93. The van der Waals surface area contributed by atoms with Gasteiger partial charge in [0.1, 0.15) is 9.52 Å². The summed E-state index contributed by atoms with van der Waals surface area (Å²) in [6.45, 7) is 2.05. The molecule has 0 radical (unpaired) electrons. The van der Waals surface area contributed by atoms with Gasteiger partial charge >= 0.3 is 0 Å². The maximum Gasteiger partial charge on any atom is 0.101 e. The van der Waals surface area contributed by atoms with Gasteiger partial charge in [0.25, 0.3) is 0 Å². The molecule has 0 spiro atoms. The highest BCUT2D eigenvalue weighted by atomic mass is 28.2. The second-order valence-corrected chi connectivity index (χ2v) is 3.70. The molecule has 0 bridgehead atoms. The van der Waals surface area contributed by atoms with Gasteiger partial charge in [0.05, 0.1) is 0 Å². The second kappa shape index (κ2) is 4.01. The topological polar surface area (TPSA) is 12.9 Å². The Hall–Kier alpha value is -0.893. The van der Waals surface area contributed by atoms with Crippen molar-refractivity contribution in [1.29, 1.82) is 0 Å². The number of rotatable bonds is 2. The van der Waals surface area contributed by atoms with Crippen molar-refractivity contribution in [3.63, 3.8) is 0 Å². The second-order valence-electron chi connectivity index (χ2n) is 2.09. The SMILES string of the molecule is CC=C[SiH2]c1ccccn1. The van der Waals surface area contributed by atoms with E-state index in [1.165, 1.54) is 5.32 Å². The first-order valence-electron chi connectivity index (χ1n) is 3.44. The van der Waals surface area contributed by atoms with Crippen LogP contribution in [0.15, 0.2) is 36.2 Å². The molecular formula is C8H11NSi. The summed E-state index contributed by atoms with van der Waals surface area (Å²) in [7, 11) is -0.203. The van der Waals surface area contributed by atoms with Crippen molar-refractivity contribution in [2.75, 3.05) is 0 Å². The van der Waals surface area contributed by atoms with Gasteiger partial charge < -0.3 is 0 Å². The Morgan fingerprint density at radius 3 is 3.00 bits per heavy atom. The van der Waals surface area contributed by atoms with Crippen LogP contribution in [0, 0.1) is 0 Å². The molecule has 0 unspecified atom stereocenters. The number of aromatic nitrogens is 1. The molecule has 1 heterocycles. The van der Waals surface area contributed by atoms with Gasteiger partial charge in [0, 0.05) is 11.5 Å². The highest BCUT2D eigenvalue weighted by Gasteiger charge is 1.85. The fourth-order valence-corrected chi connectivity index (χ4v) is 1.72. The number of pyridine rings is 1. The van der Waals surface area contributed by atoms with Gasteiger partial charge in [-0.3, -0.25) is 4.98 Å². The molecule has 52 valence electrons. The minimum absolute atomic E-state index is 0.203. The highest BCUT2D eigenvalue weighted by Crippen LogP contribution is 1.76. The van der Waals surface area contributed by atoms with Crippen LogP contribution >= 0.6 is 0 Å². The maximum atomic E-state index is 4.23. The van der Waals surface area contributed by atoms with E-state index in [0.717, 1.165) is 0 Å². The van der Waals surface area contributed by atoms with Gasteiger partial charge in [-0.2, -0.15) is 0 Å². The lowest BCUT2D eigenvalue weighted by molar-refractivity contribution is 1.39. The lowest BCUT2D eigenvalue weighted by Crippen LogP contribution is -2.14. The molecule has 0 aliphatic carbocycles. The Morgan fingerprint density at radius 2 is 2.40 bits per heavy atom. The molecule has 0 atom stereocenters. The van der Waals surface area contributed by atoms with Crippen molar-refractivity contribution < 1.29 is 0 Å². The van der Waals surface area contributed by atoms with Crippen LogP contribution in [0.25, 0.3) is 0 Å². The van der Waals surface area contributed by atoms with Crippen molar-refractivity contribution >= 4 is 14.8 Å². The van der Waals surface area contributed by atoms with E-state index >= 15 is 0 Å². The van der Waals surface area contributed by atoms with Gasteiger partial charge in [-0.1, -0.05) is 17.8 Å². The largest absolute Gasteiger partial charge is 0.266 e. The van der Waals surface area contributed by atoms with Crippen LogP contribution in [0.1, 0.15) is 6.92 Å². The van der Waals surface area contributed by atoms with Crippen molar-refractivity contribution in [2.24, 2.45) is 0 Å². The van der Waals surface area contributed by atoms with Crippen LogP contribution < -0.4 is 5.32 Å². The van der Waals surface area contributed by atoms with Gasteiger partial charge in [0.15, 0.2) is 0 Å². The standard InChI is InChI=1S/C8H11NSi/c1-2-7-10-8-5-3-4-6-9-8/h2-7H,10H2,1H3. The van der Waals surface area contributed by atoms with E-state index in [1.807, 2.05) is 18.3 Å². The molecular weight excluding hydrogens is 138 g/mol. The zero-order valence-electron chi connectivity index (χ0n) is 6.12. The van der Waals surface area contributed by atoms with Crippen LogP contribution in [0.4, 0.5) is 0 Å². The Morgan fingerprint density at radius 1 is 1.50 bits per heavy atom. The summed E-state index contributed by atoms with van der Waals surface area (Å²) in [6, 6.07) is 6.08. The summed E-state index contributed by atoms with van der Waals surface area (Å²) >= 11 is 0. The van der Waals surface area contributed by atoms with Crippen LogP contribution in [-0.4, -0.2) is 14.5 Å². The zero-order valence-corrected chi connectivity index (χ0v) is 7.53. The van der Waals surface area contributed by atoms with E-state index in [9.17, 15) is 0 Å². The summed E-state index contributed by atoms with van der Waals surface area (Å²) < 4.78 is 0. The number of hydrogen-bond donors (Lipinski definition) is 0. The third-order valence-electron chi connectivity index (χ3n) is 1.29. The van der Waals surface area contributed by atoms with Crippen LogP contribution in [0.5, 0.6) is 0 Å². The summed E-state index contributed by atoms with van der Waals surface area (Å²) in [5, 5.41) is 1.26. The first kappa shape index (κ1) is 7.22. The molecule has 0 aliphatic rings. The quantitative estimate of drug-likeness (QED) is 0.555. The lowest BCUT2D eigenvalue weighted by atomic mass is 10.5. The average molecular weight is 149 g/mol. The molecule has 1 aromatic heterocycles. The zero-order chi connectivity index (χ0) is 7.23. The van der Waals surface area contributed by atoms with E-state index in [0.29, 0.717) is 0 Å². The number of hydrogen-bond acceptors (Lipinski definition) is 1. The van der Waals surface area contributed by atoms with Crippen LogP contribution in [0.3, 0.4) is 0 Å². The van der Waals surface area contributed by atoms with Gasteiger partial charge in [-0.25, -0.2) is 0 Å². The maximum absolute atomic E-state index is 4.23. The molecule has 1 rings (SSSR count). The summed E-state index contributed by atoms with van der Waals surface area (Å²) in [5.41, 5.74) is 2.24. The van der Waals surface area contributed by atoms with Gasteiger partial charge in [0.2, 0.25) is 0 Å². The third-order valence-corrected chi connectivity index (χ3v) is 2.83. The van der Waals surface area contributed by atoms with Gasteiger partial charge in [-0.05, 0) is 19.1 Å².